The third-order valence-corrected chi connectivity index (χ3v) is 4.72. The molecule has 0 unspecified atom stereocenters. The number of carboxylic acids is 1. The van der Waals surface area contributed by atoms with Gasteiger partial charge in [0.15, 0.2) is 11.5 Å². The van der Waals surface area contributed by atoms with Crippen LogP contribution in [-0.2, 0) is 4.74 Å². The number of aromatic amines is 1. The van der Waals surface area contributed by atoms with Crippen LogP contribution < -0.4 is 19.8 Å². The number of ether oxygens (including phenoxy) is 4. The number of hydrogen-bond donors (Lipinski definition) is 2. The standard InChI is InChI=1S/C21H26N2O7/c1-21(2,3)17-11-9-12(20(25)26)18(24)22-15(11)16-13(30-17)10-14(19(23-16)28-5)29-8-6-7-27-4/h9-10,17H,6-8H2,1-5H3,(H,22,24)(H,25,26)/t17-/m0/s1. The van der Waals surface area contributed by atoms with Crippen LogP contribution in [0.25, 0.3) is 11.4 Å². The van der Waals surface area contributed by atoms with E-state index in [1.165, 1.54) is 13.2 Å². The lowest BCUT2D eigenvalue weighted by Crippen LogP contribution is -2.30. The highest BCUT2D eigenvalue weighted by Crippen LogP contribution is 2.49. The van der Waals surface area contributed by atoms with E-state index < -0.39 is 17.6 Å². The van der Waals surface area contributed by atoms with Gasteiger partial charge in [0.1, 0.15) is 17.4 Å². The quantitative estimate of drug-likeness (QED) is 0.659. The van der Waals surface area contributed by atoms with Gasteiger partial charge in [-0.25, -0.2) is 9.78 Å². The maximum atomic E-state index is 12.4. The van der Waals surface area contributed by atoms with Crippen LogP contribution in [0.3, 0.4) is 0 Å². The van der Waals surface area contributed by atoms with Crippen molar-refractivity contribution in [3.63, 3.8) is 0 Å². The van der Waals surface area contributed by atoms with Crippen LogP contribution in [0.1, 0.15) is 49.2 Å². The fourth-order valence-corrected chi connectivity index (χ4v) is 3.31. The van der Waals surface area contributed by atoms with Gasteiger partial charge in [-0.2, -0.15) is 0 Å². The first-order chi connectivity index (χ1) is 14.2. The number of aromatic carboxylic acids is 1. The van der Waals surface area contributed by atoms with Crippen LogP contribution in [0.15, 0.2) is 16.9 Å². The maximum absolute atomic E-state index is 12.4. The molecule has 1 aliphatic rings. The second-order valence-electron chi connectivity index (χ2n) is 8.05. The Hall–Kier alpha value is -3.07. The van der Waals surface area contributed by atoms with E-state index in [9.17, 15) is 14.7 Å². The lowest BCUT2D eigenvalue weighted by atomic mass is 9.82. The molecule has 9 nitrogen and oxygen atoms in total. The molecule has 1 atom stereocenters. The zero-order valence-electron chi connectivity index (χ0n) is 17.7. The van der Waals surface area contributed by atoms with Crippen molar-refractivity contribution in [2.45, 2.75) is 33.3 Å². The number of hydrogen-bond acceptors (Lipinski definition) is 7. The summed E-state index contributed by atoms with van der Waals surface area (Å²) in [7, 11) is 3.09. The van der Waals surface area contributed by atoms with Gasteiger partial charge in [-0.3, -0.25) is 4.79 Å². The molecule has 0 radical (unpaired) electrons. The molecule has 0 fully saturated rings. The summed E-state index contributed by atoms with van der Waals surface area (Å²) in [5.74, 6) is -0.238. The summed E-state index contributed by atoms with van der Waals surface area (Å²) in [5.41, 5.74) is -0.117. The predicted molar refractivity (Wildman–Crippen MR) is 109 cm³/mol. The van der Waals surface area contributed by atoms with Crippen molar-refractivity contribution >= 4 is 5.97 Å². The smallest absolute Gasteiger partial charge is 0.341 e. The van der Waals surface area contributed by atoms with E-state index >= 15 is 0 Å². The van der Waals surface area contributed by atoms with E-state index in [1.807, 2.05) is 20.8 Å². The number of H-pyrrole nitrogens is 1. The fourth-order valence-electron chi connectivity index (χ4n) is 3.31. The van der Waals surface area contributed by atoms with Gasteiger partial charge in [0.2, 0.25) is 0 Å². The Morgan fingerprint density at radius 3 is 2.60 bits per heavy atom. The molecule has 0 saturated heterocycles. The molecule has 0 saturated carbocycles. The summed E-state index contributed by atoms with van der Waals surface area (Å²) in [5, 5.41) is 9.37. The summed E-state index contributed by atoms with van der Waals surface area (Å²) < 4.78 is 22.4. The first-order valence-electron chi connectivity index (χ1n) is 9.55. The first kappa shape index (κ1) is 21.6. The number of aromatic nitrogens is 2. The Morgan fingerprint density at radius 2 is 2.00 bits per heavy atom. The minimum atomic E-state index is -1.30. The average Bonchev–Trinajstić information content (AvgIpc) is 2.68. The van der Waals surface area contributed by atoms with E-state index in [0.717, 1.165) is 0 Å². The van der Waals surface area contributed by atoms with Crippen molar-refractivity contribution in [2.75, 3.05) is 27.4 Å². The summed E-state index contributed by atoms with van der Waals surface area (Å²) in [4.78, 5) is 31.0. The number of nitrogens with one attached hydrogen (secondary N) is 1. The van der Waals surface area contributed by atoms with E-state index in [1.54, 1.807) is 13.2 Å². The Labute approximate surface area is 174 Å². The third-order valence-electron chi connectivity index (χ3n) is 4.72. The zero-order chi connectivity index (χ0) is 22.1. The number of carboxylic acid groups (broad SMARTS) is 1. The van der Waals surface area contributed by atoms with Gasteiger partial charge in [0.25, 0.3) is 11.4 Å². The minimum absolute atomic E-state index is 0.234. The number of nitrogens with zero attached hydrogens (tertiary/aromatic N) is 1. The summed E-state index contributed by atoms with van der Waals surface area (Å²) in [6.07, 6.45) is 0.183. The maximum Gasteiger partial charge on any atom is 0.341 e. The molecule has 2 aromatic rings. The third kappa shape index (κ3) is 4.11. The van der Waals surface area contributed by atoms with Crippen LogP contribution in [0, 0.1) is 5.41 Å². The average molecular weight is 418 g/mol. The normalized spacial score (nSPS) is 15.0. The van der Waals surface area contributed by atoms with Crippen molar-refractivity contribution in [2.24, 2.45) is 5.41 Å². The lowest BCUT2D eigenvalue weighted by molar-refractivity contribution is 0.0690. The lowest BCUT2D eigenvalue weighted by Gasteiger charge is -2.36. The number of pyridine rings is 2. The Balaban J connectivity index is 2.14. The molecule has 3 rings (SSSR count). The second kappa shape index (κ2) is 8.35. The predicted octanol–water partition coefficient (Wildman–Crippen LogP) is 3.04. The second-order valence-corrected chi connectivity index (χ2v) is 8.05. The Morgan fingerprint density at radius 1 is 1.27 bits per heavy atom. The van der Waals surface area contributed by atoms with Gasteiger partial charge < -0.3 is 29.0 Å². The highest BCUT2D eigenvalue weighted by atomic mass is 16.5. The molecule has 0 spiro atoms. The summed E-state index contributed by atoms with van der Waals surface area (Å²) in [6, 6.07) is 3.04. The molecular weight excluding hydrogens is 392 g/mol. The SMILES string of the molecule is COCCCOc1cc2c(nc1OC)-c1[nH]c(=O)c(C(=O)O)cc1[C@@H](C(C)(C)C)O2. The zero-order valence-corrected chi connectivity index (χ0v) is 17.7. The molecule has 3 heterocycles. The van der Waals surface area contributed by atoms with Crippen LogP contribution in [0.2, 0.25) is 0 Å². The topological polar surface area (TPSA) is 120 Å². The first-order valence-corrected chi connectivity index (χ1v) is 9.55. The van der Waals surface area contributed by atoms with E-state index in [-0.39, 0.29) is 16.9 Å². The van der Waals surface area contributed by atoms with Gasteiger partial charge in [-0.05, 0) is 6.07 Å². The molecule has 9 heteroatoms. The highest BCUT2D eigenvalue weighted by molar-refractivity contribution is 5.88. The van der Waals surface area contributed by atoms with Gasteiger partial charge in [0.05, 0.1) is 19.4 Å². The molecule has 0 aliphatic carbocycles. The van der Waals surface area contributed by atoms with Crippen LogP contribution in [0.4, 0.5) is 0 Å². The molecule has 0 amide bonds. The highest BCUT2D eigenvalue weighted by Gasteiger charge is 2.38. The minimum Gasteiger partial charge on any atom is -0.488 e. The van der Waals surface area contributed by atoms with Gasteiger partial charge in [0, 0.05) is 37.2 Å². The molecule has 0 aromatic carbocycles. The van der Waals surface area contributed by atoms with Crippen molar-refractivity contribution < 1.29 is 28.8 Å². The number of methoxy groups -OCH3 is 2. The van der Waals surface area contributed by atoms with E-state index in [4.69, 9.17) is 18.9 Å². The van der Waals surface area contributed by atoms with Crippen molar-refractivity contribution in [3.8, 4) is 28.8 Å². The number of fused-ring (bicyclic) bond motifs is 3. The van der Waals surface area contributed by atoms with Gasteiger partial charge in [-0.15, -0.1) is 0 Å². The number of carbonyl (C=O) groups is 1. The Bertz CT molecular complexity index is 1010. The van der Waals surface area contributed by atoms with E-state index in [2.05, 4.69) is 9.97 Å². The summed E-state index contributed by atoms with van der Waals surface area (Å²) in [6.45, 7) is 6.87. The van der Waals surface area contributed by atoms with Crippen LogP contribution in [0.5, 0.6) is 17.4 Å². The molecule has 162 valence electrons. The number of rotatable bonds is 7. The largest absolute Gasteiger partial charge is 0.488 e. The van der Waals surface area contributed by atoms with E-state index in [0.29, 0.717) is 48.1 Å². The molecule has 1 aliphatic heterocycles. The molecule has 2 N–H and O–H groups in total. The van der Waals surface area contributed by atoms with Crippen LogP contribution >= 0.6 is 0 Å². The molecule has 30 heavy (non-hydrogen) atoms. The molecule has 2 aromatic heterocycles. The fraction of sp³-hybridized carbons (Fsp3) is 0.476. The molecule has 0 bridgehead atoms. The van der Waals surface area contributed by atoms with Crippen molar-refractivity contribution in [1.29, 1.82) is 0 Å². The Kier molecular flexibility index (Phi) is 6.02. The monoisotopic (exact) mass is 418 g/mol. The molecular formula is C21H26N2O7. The van der Waals surface area contributed by atoms with Gasteiger partial charge in [-0.1, -0.05) is 20.8 Å². The van der Waals surface area contributed by atoms with Crippen molar-refractivity contribution in [3.05, 3.63) is 33.6 Å². The summed E-state index contributed by atoms with van der Waals surface area (Å²) >= 11 is 0. The van der Waals surface area contributed by atoms with Gasteiger partial charge >= 0.3 is 5.97 Å². The van der Waals surface area contributed by atoms with Crippen molar-refractivity contribution in [1.82, 2.24) is 9.97 Å². The van der Waals surface area contributed by atoms with Crippen LogP contribution in [-0.4, -0.2) is 48.5 Å².